The van der Waals surface area contributed by atoms with Gasteiger partial charge in [0, 0.05) is 49.0 Å². The number of aliphatic imine (C=N–C) groups is 1. The Balaban J connectivity index is 1.23. The van der Waals surface area contributed by atoms with Crippen LogP contribution in [0.15, 0.2) is 35.2 Å². The maximum atomic E-state index is 13.3. The molecule has 224 valence electrons. The van der Waals surface area contributed by atoms with Crippen LogP contribution >= 0.6 is 11.3 Å². The molecule has 3 aromatic heterocycles. The van der Waals surface area contributed by atoms with Gasteiger partial charge in [-0.1, -0.05) is 0 Å². The molecular formula is C28H33F3N8O2S. The van der Waals surface area contributed by atoms with Crippen molar-refractivity contribution >= 4 is 34.1 Å². The van der Waals surface area contributed by atoms with Crippen molar-refractivity contribution in [1.82, 2.24) is 24.7 Å². The molecule has 5 heterocycles. The van der Waals surface area contributed by atoms with Gasteiger partial charge in [-0.25, -0.2) is 4.98 Å². The number of aromatic nitrogens is 5. The molecule has 14 heteroatoms. The predicted molar refractivity (Wildman–Crippen MR) is 154 cm³/mol. The molecule has 0 aromatic carbocycles. The third-order valence-electron chi connectivity index (χ3n) is 7.99. The number of methoxy groups -OCH3 is 1. The first-order chi connectivity index (χ1) is 20.2. The minimum absolute atomic E-state index is 0.00452. The smallest absolute Gasteiger partial charge is 0.384 e. The lowest BCUT2D eigenvalue weighted by Gasteiger charge is -2.41. The summed E-state index contributed by atoms with van der Waals surface area (Å²) in [5.74, 6) is 1.38. The van der Waals surface area contributed by atoms with Gasteiger partial charge in [0.1, 0.15) is 18.2 Å². The van der Waals surface area contributed by atoms with Crippen LogP contribution in [0, 0.1) is 11.8 Å². The number of rotatable bonds is 10. The number of nitrogens with zero attached hydrogens (tertiary/aromatic N) is 7. The van der Waals surface area contributed by atoms with Crippen molar-refractivity contribution in [2.75, 3.05) is 37.0 Å². The second-order valence-electron chi connectivity index (χ2n) is 11.1. The minimum Gasteiger partial charge on any atom is -0.384 e. The number of pyridine rings is 1. The van der Waals surface area contributed by atoms with Gasteiger partial charge < -0.3 is 20.1 Å². The molecule has 2 unspecified atom stereocenters. The molecule has 1 aliphatic carbocycles. The number of halogens is 3. The van der Waals surface area contributed by atoms with Gasteiger partial charge in [-0.05, 0) is 56.6 Å². The van der Waals surface area contributed by atoms with Crippen molar-refractivity contribution < 1.29 is 23.0 Å². The van der Waals surface area contributed by atoms with Gasteiger partial charge in [0.2, 0.25) is 0 Å². The van der Waals surface area contributed by atoms with E-state index in [1.165, 1.54) is 18.6 Å². The maximum Gasteiger partial charge on any atom is 0.408 e. The minimum atomic E-state index is -4.46. The lowest BCUT2D eigenvalue weighted by atomic mass is 9.94. The van der Waals surface area contributed by atoms with E-state index >= 15 is 0 Å². The number of ether oxygens (including phenoxy) is 1. The van der Waals surface area contributed by atoms with Gasteiger partial charge in [0.15, 0.2) is 17.1 Å². The summed E-state index contributed by atoms with van der Waals surface area (Å²) in [6.45, 7) is 3.48. The number of anilines is 2. The number of nitrogens with one attached hydrogen (secondary N) is 1. The molecule has 3 aromatic rings. The number of allylic oxidation sites excluding steroid dienone is 1. The normalized spacial score (nSPS) is 19.5. The van der Waals surface area contributed by atoms with Crippen LogP contribution < -0.4 is 10.2 Å². The SMILES string of the molecule is COCC1CN(c2cnc(C(O)Nc3csc(-c4nncn4C(C)C(F)(F)F)n3)cc2C2=CN=C(C3CC3)CCC2)C1. The fourth-order valence-corrected chi connectivity index (χ4v) is 6.15. The average Bonchev–Trinajstić information content (AvgIpc) is 3.57. The van der Waals surface area contributed by atoms with Crippen LogP contribution in [0.5, 0.6) is 0 Å². The largest absolute Gasteiger partial charge is 0.408 e. The van der Waals surface area contributed by atoms with E-state index in [9.17, 15) is 18.3 Å². The Kier molecular flexibility index (Phi) is 8.03. The zero-order valence-corrected chi connectivity index (χ0v) is 24.2. The fraction of sp³-hybridized carbons (Fsp3) is 0.536. The topological polar surface area (TPSA) is 114 Å². The van der Waals surface area contributed by atoms with Crippen molar-refractivity contribution in [2.45, 2.75) is 57.5 Å². The van der Waals surface area contributed by atoms with E-state index in [0.29, 0.717) is 30.0 Å². The molecule has 10 nitrogen and oxygen atoms in total. The van der Waals surface area contributed by atoms with Crippen LogP contribution in [0.4, 0.5) is 24.7 Å². The molecule has 1 saturated carbocycles. The molecule has 2 aliphatic heterocycles. The number of aliphatic hydroxyl groups is 1. The van der Waals surface area contributed by atoms with Gasteiger partial charge in [-0.2, -0.15) is 13.2 Å². The van der Waals surface area contributed by atoms with Crippen LogP contribution in [0.1, 0.15) is 62.6 Å². The van der Waals surface area contributed by atoms with Crippen molar-refractivity contribution in [1.29, 1.82) is 0 Å². The van der Waals surface area contributed by atoms with E-state index in [1.807, 2.05) is 12.3 Å². The summed E-state index contributed by atoms with van der Waals surface area (Å²) in [5, 5.41) is 23.4. The Hall–Kier alpha value is -3.36. The number of hydrogen-bond donors (Lipinski definition) is 2. The van der Waals surface area contributed by atoms with Gasteiger partial charge in [-0.15, -0.1) is 21.5 Å². The van der Waals surface area contributed by atoms with E-state index in [2.05, 4.69) is 30.4 Å². The Morgan fingerprint density at radius 2 is 2.05 bits per heavy atom. The molecule has 1 saturated heterocycles. The Labute approximate surface area is 245 Å². The van der Waals surface area contributed by atoms with Gasteiger partial charge >= 0.3 is 6.18 Å². The third kappa shape index (κ3) is 6.06. The van der Waals surface area contributed by atoms with Gasteiger partial charge in [0.05, 0.1) is 24.2 Å². The van der Waals surface area contributed by atoms with Crippen molar-refractivity contribution in [3.8, 4) is 10.8 Å². The van der Waals surface area contributed by atoms with Crippen LogP contribution in [0.2, 0.25) is 0 Å². The summed E-state index contributed by atoms with van der Waals surface area (Å²) in [6.07, 6.45) is 4.50. The molecule has 0 spiro atoms. The fourth-order valence-electron chi connectivity index (χ4n) is 5.40. The summed E-state index contributed by atoms with van der Waals surface area (Å²) in [4.78, 5) is 16.1. The average molecular weight is 603 g/mol. The molecule has 2 fully saturated rings. The summed E-state index contributed by atoms with van der Waals surface area (Å²) >= 11 is 1.11. The van der Waals surface area contributed by atoms with E-state index in [4.69, 9.17) is 9.73 Å². The second kappa shape index (κ2) is 11.7. The lowest BCUT2D eigenvalue weighted by molar-refractivity contribution is -0.162. The lowest BCUT2D eigenvalue weighted by Crippen LogP contribution is -2.49. The quantitative estimate of drug-likeness (QED) is 0.293. The molecule has 0 amide bonds. The maximum absolute atomic E-state index is 13.3. The van der Waals surface area contributed by atoms with Crippen LogP contribution in [-0.4, -0.2) is 68.5 Å². The first-order valence-corrected chi connectivity index (χ1v) is 15.0. The molecule has 6 rings (SSSR count). The van der Waals surface area contributed by atoms with Crippen LogP contribution in [-0.2, 0) is 4.74 Å². The summed E-state index contributed by atoms with van der Waals surface area (Å²) in [5.41, 5.74) is 4.80. The highest BCUT2D eigenvalue weighted by Gasteiger charge is 2.39. The second-order valence-corrected chi connectivity index (χ2v) is 12.0. The zero-order chi connectivity index (χ0) is 29.4. The zero-order valence-electron chi connectivity index (χ0n) is 23.4. The first kappa shape index (κ1) is 28.7. The molecular weight excluding hydrogens is 569 g/mol. The standard InChI is InChI=1S/C28H33F3N8O2S/c1-16(28(29,30)31)39-15-34-37-25(39)27-36-24(14-42-27)35-26(40)22-8-20(19-4-3-5-21(32-9-19)18-6-7-18)23(10-33-22)38-11-17(12-38)13-41-2/h8-10,14-18,26,35,40H,3-7,11-13H2,1-2H3. The predicted octanol–water partition coefficient (Wildman–Crippen LogP) is 5.48. The Bertz CT molecular complexity index is 1480. The molecule has 2 atom stereocenters. The van der Waals surface area contributed by atoms with Gasteiger partial charge in [-0.3, -0.25) is 14.5 Å². The Morgan fingerprint density at radius 1 is 1.24 bits per heavy atom. The van der Waals surface area contributed by atoms with Crippen LogP contribution in [0.25, 0.3) is 16.4 Å². The highest BCUT2D eigenvalue weighted by molar-refractivity contribution is 7.13. The Morgan fingerprint density at radius 3 is 2.79 bits per heavy atom. The van der Waals surface area contributed by atoms with Crippen molar-refractivity contribution in [2.24, 2.45) is 16.8 Å². The highest BCUT2D eigenvalue weighted by Crippen LogP contribution is 2.39. The summed E-state index contributed by atoms with van der Waals surface area (Å²) in [6, 6.07) is 0.0865. The van der Waals surface area contributed by atoms with E-state index in [1.54, 1.807) is 18.7 Å². The highest BCUT2D eigenvalue weighted by atomic mass is 32.1. The molecule has 42 heavy (non-hydrogen) atoms. The van der Waals surface area contributed by atoms with Gasteiger partial charge in [0.25, 0.3) is 0 Å². The number of hydrogen-bond acceptors (Lipinski definition) is 10. The van der Waals surface area contributed by atoms with E-state index < -0.39 is 18.4 Å². The third-order valence-corrected chi connectivity index (χ3v) is 8.83. The number of aliphatic hydroxyl groups excluding tert-OH is 1. The van der Waals surface area contributed by atoms with Crippen molar-refractivity contribution in [3.63, 3.8) is 0 Å². The number of alkyl halides is 3. The molecule has 2 N–H and O–H groups in total. The molecule has 3 aliphatic rings. The van der Waals surface area contributed by atoms with Crippen LogP contribution in [0.3, 0.4) is 0 Å². The molecule has 0 bridgehead atoms. The summed E-state index contributed by atoms with van der Waals surface area (Å²) < 4.78 is 46.2. The monoisotopic (exact) mass is 602 g/mol. The van der Waals surface area contributed by atoms with E-state index in [0.717, 1.165) is 78.3 Å². The summed E-state index contributed by atoms with van der Waals surface area (Å²) in [7, 11) is 1.71. The molecule has 0 radical (unpaired) electrons. The van der Waals surface area contributed by atoms with Crippen molar-refractivity contribution in [3.05, 3.63) is 41.4 Å². The van der Waals surface area contributed by atoms with E-state index in [-0.39, 0.29) is 10.8 Å². The number of thiazole rings is 1. The first-order valence-electron chi connectivity index (χ1n) is 14.1.